The minimum atomic E-state index is -0.197. The predicted octanol–water partition coefficient (Wildman–Crippen LogP) is 4.68. The summed E-state index contributed by atoms with van der Waals surface area (Å²) in [7, 11) is 1.72. The highest BCUT2D eigenvalue weighted by molar-refractivity contribution is 6.08. The molecule has 168 valence electrons. The first-order chi connectivity index (χ1) is 16.1. The van der Waals surface area contributed by atoms with Crippen molar-refractivity contribution in [2.45, 2.75) is 25.4 Å². The molecule has 0 saturated heterocycles. The van der Waals surface area contributed by atoms with Gasteiger partial charge in [0.25, 0.3) is 0 Å². The first-order valence-electron chi connectivity index (χ1n) is 10.7. The summed E-state index contributed by atoms with van der Waals surface area (Å²) in [6, 6.07) is 14.3. The van der Waals surface area contributed by atoms with Gasteiger partial charge in [0, 0.05) is 18.9 Å². The molecule has 1 atom stereocenters. The van der Waals surface area contributed by atoms with E-state index < -0.39 is 0 Å². The summed E-state index contributed by atoms with van der Waals surface area (Å²) >= 11 is 0. The normalized spacial score (nSPS) is 17.0. The summed E-state index contributed by atoms with van der Waals surface area (Å²) in [5, 5.41) is 0. The van der Waals surface area contributed by atoms with E-state index in [9.17, 15) is 4.79 Å². The van der Waals surface area contributed by atoms with Crippen LogP contribution in [0.2, 0.25) is 0 Å². The number of rotatable bonds is 8. The van der Waals surface area contributed by atoms with Crippen molar-refractivity contribution in [2.24, 2.45) is 10.7 Å². The number of fused-ring (bicyclic) bond motifs is 1. The number of nitrogens with zero attached hydrogens (tertiary/aromatic N) is 2. The second-order valence-electron chi connectivity index (χ2n) is 7.65. The highest BCUT2D eigenvalue weighted by atomic mass is 16.5. The number of aromatic amines is 1. The first-order valence-corrected chi connectivity index (χ1v) is 10.7. The molecule has 1 aliphatic rings. The Hall–Kier alpha value is -3.97. The van der Waals surface area contributed by atoms with Crippen LogP contribution in [0, 0.1) is 0 Å². The maximum atomic E-state index is 12.8. The fourth-order valence-electron chi connectivity index (χ4n) is 3.66. The average Bonchev–Trinajstić information content (AvgIpc) is 3.30. The molecule has 0 unspecified atom stereocenters. The van der Waals surface area contributed by atoms with Crippen LogP contribution in [0.5, 0.6) is 5.75 Å². The lowest BCUT2D eigenvalue weighted by molar-refractivity contribution is 0.0942. The Balaban J connectivity index is 1.54. The molecule has 0 spiro atoms. The lowest BCUT2D eigenvalue weighted by Gasteiger charge is -2.21. The molecule has 0 bridgehead atoms. The van der Waals surface area contributed by atoms with E-state index in [-0.39, 0.29) is 17.8 Å². The third kappa shape index (κ3) is 5.10. The van der Waals surface area contributed by atoms with Crippen LogP contribution in [0.15, 0.2) is 89.4 Å². The van der Waals surface area contributed by atoms with Gasteiger partial charge in [0.15, 0.2) is 5.82 Å². The number of methoxy groups -OCH3 is 1. The number of carbonyl (C=O) groups is 1. The number of para-hydroxylation sites is 2. The van der Waals surface area contributed by atoms with Gasteiger partial charge in [-0.3, -0.25) is 4.79 Å². The number of hydrogen-bond donors (Lipinski definition) is 2. The quantitative estimate of drug-likeness (QED) is 0.299. The van der Waals surface area contributed by atoms with Crippen molar-refractivity contribution in [3.05, 3.63) is 95.8 Å². The molecule has 1 aromatic heterocycles. The number of allylic oxidation sites excluding steroid dienone is 2. The van der Waals surface area contributed by atoms with Gasteiger partial charge in [-0.2, -0.15) is 0 Å². The third-order valence-corrected chi connectivity index (χ3v) is 5.51. The Morgan fingerprint density at radius 1 is 1.24 bits per heavy atom. The molecule has 1 aliphatic carbocycles. The van der Waals surface area contributed by atoms with Gasteiger partial charge in [0.1, 0.15) is 5.75 Å². The zero-order valence-electron chi connectivity index (χ0n) is 18.5. The van der Waals surface area contributed by atoms with Crippen molar-refractivity contribution in [2.75, 3.05) is 7.11 Å². The number of H-pyrrole nitrogens is 1. The summed E-state index contributed by atoms with van der Waals surface area (Å²) in [5.74, 6) is 0.900. The molecular weight excluding hydrogens is 416 g/mol. The largest absolute Gasteiger partial charge is 0.437 e. The summed E-state index contributed by atoms with van der Waals surface area (Å²) in [6.07, 6.45) is 7.83. The number of hydrogen-bond acceptors (Lipinski definition) is 6. The van der Waals surface area contributed by atoms with Gasteiger partial charge in [-0.25, -0.2) is 9.98 Å². The van der Waals surface area contributed by atoms with Crippen LogP contribution in [0.1, 0.15) is 35.4 Å². The van der Waals surface area contributed by atoms with Crippen LogP contribution >= 0.6 is 0 Å². The SMILES string of the molecule is C=CC=N/C(Oc1ccc(C(=O)c2nc3ccccc3[nH]2)cc1)=C(\N)C1=CC[C@@H](OC)CC1. The predicted molar refractivity (Wildman–Crippen MR) is 129 cm³/mol. The van der Waals surface area contributed by atoms with Gasteiger partial charge in [0.05, 0.1) is 22.8 Å². The lowest BCUT2D eigenvalue weighted by Crippen LogP contribution is -2.17. The molecule has 0 saturated carbocycles. The van der Waals surface area contributed by atoms with Gasteiger partial charge < -0.3 is 20.2 Å². The monoisotopic (exact) mass is 442 g/mol. The molecule has 7 nitrogen and oxygen atoms in total. The van der Waals surface area contributed by atoms with E-state index in [1.165, 1.54) is 6.21 Å². The molecular formula is C26H26N4O3. The molecule has 1 heterocycles. The topological polar surface area (TPSA) is 103 Å². The van der Waals surface area contributed by atoms with Crippen LogP contribution < -0.4 is 10.5 Å². The summed E-state index contributed by atoms with van der Waals surface area (Å²) < 4.78 is 11.4. The molecule has 4 rings (SSSR count). The second kappa shape index (κ2) is 10.1. The highest BCUT2D eigenvalue weighted by Gasteiger charge is 2.19. The Kier molecular flexibility index (Phi) is 6.80. The van der Waals surface area contributed by atoms with Gasteiger partial charge in [-0.05, 0) is 61.2 Å². The van der Waals surface area contributed by atoms with E-state index in [1.807, 2.05) is 24.3 Å². The standard InChI is InChI=1S/C26H26N4O3/c1-3-16-28-26(23(27)17-8-12-19(32-2)13-9-17)33-20-14-10-18(11-15-20)24(31)25-29-21-6-4-5-7-22(21)30-25/h3-8,10-11,14-16,19H,1,9,12-13,27H2,2H3,(H,29,30)/b26-23+,28-16?/t19-/m1/s1. The molecule has 7 heteroatoms. The average molecular weight is 443 g/mol. The van der Waals surface area contributed by atoms with Crippen LogP contribution in [0.25, 0.3) is 11.0 Å². The minimum absolute atomic E-state index is 0.197. The van der Waals surface area contributed by atoms with Gasteiger partial charge in [-0.1, -0.05) is 30.9 Å². The fourth-order valence-corrected chi connectivity index (χ4v) is 3.66. The minimum Gasteiger partial charge on any atom is -0.437 e. The first kappa shape index (κ1) is 22.2. The number of benzene rings is 2. The summed E-state index contributed by atoms with van der Waals surface area (Å²) in [4.78, 5) is 24.6. The number of aromatic nitrogens is 2. The van der Waals surface area contributed by atoms with Crippen LogP contribution in [0.3, 0.4) is 0 Å². The number of carbonyl (C=O) groups excluding carboxylic acids is 1. The molecule has 33 heavy (non-hydrogen) atoms. The van der Waals surface area contributed by atoms with E-state index in [1.54, 1.807) is 37.5 Å². The molecule has 0 aliphatic heterocycles. The third-order valence-electron chi connectivity index (χ3n) is 5.51. The Bertz CT molecular complexity index is 1220. The van der Waals surface area contributed by atoms with Gasteiger partial charge in [0.2, 0.25) is 11.7 Å². The smallest absolute Gasteiger partial charge is 0.242 e. The molecule has 0 fully saturated rings. The molecule has 2 aromatic carbocycles. The van der Waals surface area contributed by atoms with E-state index >= 15 is 0 Å². The molecule has 0 amide bonds. The van der Waals surface area contributed by atoms with Crippen molar-refractivity contribution in [3.63, 3.8) is 0 Å². The second-order valence-corrected chi connectivity index (χ2v) is 7.65. The van der Waals surface area contributed by atoms with E-state index in [2.05, 4.69) is 27.6 Å². The van der Waals surface area contributed by atoms with Crippen molar-refractivity contribution in [3.8, 4) is 5.75 Å². The van der Waals surface area contributed by atoms with Crippen molar-refractivity contribution in [1.82, 2.24) is 9.97 Å². The lowest BCUT2D eigenvalue weighted by atomic mass is 9.95. The number of imidazole rings is 1. The summed E-state index contributed by atoms with van der Waals surface area (Å²) in [6.45, 7) is 3.66. The number of nitrogens with one attached hydrogen (secondary N) is 1. The van der Waals surface area contributed by atoms with Crippen molar-refractivity contribution in [1.29, 1.82) is 0 Å². The fraction of sp³-hybridized carbons (Fsp3) is 0.192. The van der Waals surface area contributed by atoms with Crippen molar-refractivity contribution < 1.29 is 14.3 Å². The van der Waals surface area contributed by atoms with Crippen LogP contribution in [-0.2, 0) is 4.74 Å². The van der Waals surface area contributed by atoms with E-state index in [4.69, 9.17) is 15.2 Å². The Labute approximate surface area is 192 Å². The maximum Gasteiger partial charge on any atom is 0.242 e. The Morgan fingerprint density at radius 3 is 2.70 bits per heavy atom. The zero-order chi connectivity index (χ0) is 23.2. The number of aliphatic imine (C=N–C) groups is 1. The zero-order valence-corrected chi connectivity index (χ0v) is 18.5. The van der Waals surface area contributed by atoms with Gasteiger partial charge in [-0.15, -0.1) is 0 Å². The van der Waals surface area contributed by atoms with Crippen LogP contribution in [0.4, 0.5) is 0 Å². The maximum absolute atomic E-state index is 12.8. The Morgan fingerprint density at radius 2 is 2.03 bits per heavy atom. The van der Waals surface area contributed by atoms with Crippen LogP contribution in [-0.4, -0.2) is 35.2 Å². The summed E-state index contributed by atoms with van der Waals surface area (Å²) in [5.41, 5.74) is 9.91. The van der Waals surface area contributed by atoms with E-state index in [0.29, 0.717) is 22.8 Å². The number of ketones is 1. The van der Waals surface area contributed by atoms with E-state index in [0.717, 1.165) is 35.9 Å². The van der Waals surface area contributed by atoms with Crippen molar-refractivity contribution >= 4 is 23.0 Å². The molecule has 3 N–H and O–H groups in total. The van der Waals surface area contributed by atoms with Gasteiger partial charge >= 0.3 is 0 Å². The highest BCUT2D eigenvalue weighted by Crippen LogP contribution is 2.27. The number of ether oxygens (including phenoxy) is 2. The molecule has 0 radical (unpaired) electrons. The molecule has 3 aromatic rings. The number of nitrogens with two attached hydrogens (primary N) is 1.